The number of halogens is 4. The van der Waals surface area contributed by atoms with Crippen molar-refractivity contribution in [2.75, 3.05) is 5.32 Å². The summed E-state index contributed by atoms with van der Waals surface area (Å²) in [4.78, 5) is 6.36. The topological polar surface area (TPSA) is 40.2 Å². The molecule has 2 N–H and O–H groups in total. The van der Waals surface area contributed by atoms with Crippen molar-refractivity contribution in [1.29, 1.82) is 0 Å². The number of hydrogen-bond donors (Lipinski definition) is 2. The maximum Gasteiger partial charge on any atom is 0.418 e. The van der Waals surface area contributed by atoms with Crippen molar-refractivity contribution in [2.24, 2.45) is 0 Å². The van der Waals surface area contributed by atoms with Gasteiger partial charge >= 0.3 is 6.18 Å². The number of alkyl halides is 3. The van der Waals surface area contributed by atoms with E-state index in [1.54, 1.807) is 6.20 Å². The summed E-state index contributed by atoms with van der Waals surface area (Å²) >= 11 is 11.5. The van der Waals surface area contributed by atoms with Crippen molar-refractivity contribution >= 4 is 34.6 Å². The molecule has 1 aliphatic heterocycles. The van der Waals surface area contributed by atoms with E-state index < -0.39 is 11.7 Å². The summed E-state index contributed by atoms with van der Waals surface area (Å²) < 4.78 is 40.8. The lowest BCUT2D eigenvalue weighted by Gasteiger charge is -2.50. The van der Waals surface area contributed by atoms with Crippen LogP contribution >= 0.6 is 23.8 Å². The molecule has 1 aromatic carbocycles. The molecule has 0 bridgehead atoms. The summed E-state index contributed by atoms with van der Waals surface area (Å²) in [6.07, 6.45) is -1.32. The second kappa shape index (κ2) is 9.15. The molecule has 174 valence electrons. The van der Waals surface area contributed by atoms with E-state index in [4.69, 9.17) is 23.8 Å². The molecule has 0 atom stereocenters. The lowest BCUT2D eigenvalue weighted by molar-refractivity contribution is -0.136. The number of piperidine rings is 1. The monoisotopic (exact) mass is 484 g/mol. The van der Waals surface area contributed by atoms with Crippen LogP contribution in [0.3, 0.4) is 0 Å². The molecule has 3 rings (SSSR count). The van der Waals surface area contributed by atoms with E-state index in [2.05, 4.69) is 43.3 Å². The molecule has 2 aromatic rings. The van der Waals surface area contributed by atoms with Crippen LogP contribution in [0.4, 0.5) is 18.9 Å². The number of hydrogen-bond acceptors (Lipinski definition) is 3. The normalized spacial score (nSPS) is 18.2. The molecule has 1 aliphatic rings. The van der Waals surface area contributed by atoms with E-state index in [-0.39, 0.29) is 32.9 Å². The molecule has 4 nitrogen and oxygen atoms in total. The number of benzene rings is 1. The molecule has 1 saturated heterocycles. The van der Waals surface area contributed by atoms with Crippen LogP contribution < -0.4 is 10.6 Å². The Kier molecular flexibility index (Phi) is 7.08. The Morgan fingerprint density at radius 3 is 2.41 bits per heavy atom. The molecular formula is C23H28ClF3N4S. The van der Waals surface area contributed by atoms with Crippen LogP contribution in [0.1, 0.15) is 51.8 Å². The number of nitrogens with zero attached hydrogens (tertiary/aromatic N) is 2. The third-order valence-electron chi connectivity index (χ3n) is 5.46. The van der Waals surface area contributed by atoms with Crippen molar-refractivity contribution in [1.82, 2.24) is 15.2 Å². The molecule has 1 aromatic heterocycles. The zero-order valence-corrected chi connectivity index (χ0v) is 20.1. The average Bonchev–Trinajstić information content (AvgIpc) is 2.65. The smallest absolute Gasteiger partial charge is 0.340 e. The minimum atomic E-state index is -4.56. The zero-order chi connectivity index (χ0) is 23.7. The van der Waals surface area contributed by atoms with Gasteiger partial charge in [-0.05, 0) is 83.1 Å². The average molecular weight is 485 g/mol. The van der Waals surface area contributed by atoms with E-state index in [1.807, 2.05) is 23.1 Å². The van der Waals surface area contributed by atoms with E-state index in [9.17, 15) is 13.2 Å². The van der Waals surface area contributed by atoms with Crippen molar-refractivity contribution in [3.63, 3.8) is 0 Å². The van der Waals surface area contributed by atoms with Gasteiger partial charge in [0.25, 0.3) is 0 Å². The molecule has 0 radical (unpaired) electrons. The second-order valence-corrected chi connectivity index (χ2v) is 10.3. The summed E-state index contributed by atoms with van der Waals surface area (Å²) in [5, 5.41) is 6.72. The Bertz CT molecular complexity index is 947. The largest absolute Gasteiger partial charge is 0.418 e. The van der Waals surface area contributed by atoms with Gasteiger partial charge in [-0.15, -0.1) is 0 Å². The van der Waals surface area contributed by atoms with Crippen LogP contribution in [0.2, 0.25) is 5.02 Å². The van der Waals surface area contributed by atoms with E-state index in [0.29, 0.717) is 6.54 Å². The first-order chi connectivity index (χ1) is 14.8. The first-order valence-electron chi connectivity index (χ1n) is 10.4. The van der Waals surface area contributed by atoms with Crippen LogP contribution in [0, 0.1) is 0 Å². The summed E-state index contributed by atoms with van der Waals surface area (Å²) in [6, 6.07) is 9.24. The van der Waals surface area contributed by atoms with Gasteiger partial charge in [0.15, 0.2) is 5.11 Å². The number of rotatable bonds is 4. The SMILES string of the molecule is CC1(C)CC(N(Cc2ccccn2)C(=S)Nc2ccc(Cl)cc2C(F)(F)F)CC(C)(C)N1. The minimum absolute atomic E-state index is 0.00453. The Morgan fingerprint density at radius 1 is 1.19 bits per heavy atom. The van der Waals surface area contributed by atoms with Crippen LogP contribution in [-0.2, 0) is 12.7 Å². The number of aromatic nitrogens is 1. The fraction of sp³-hybridized carbons (Fsp3) is 0.478. The van der Waals surface area contributed by atoms with Gasteiger partial charge in [-0.25, -0.2) is 0 Å². The Balaban J connectivity index is 1.94. The molecule has 32 heavy (non-hydrogen) atoms. The van der Waals surface area contributed by atoms with Crippen LogP contribution in [-0.4, -0.2) is 32.1 Å². The number of pyridine rings is 1. The fourth-order valence-corrected chi connectivity index (χ4v) is 5.06. The highest BCUT2D eigenvalue weighted by atomic mass is 35.5. The maximum atomic E-state index is 13.6. The van der Waals surface area contributed by atoms with Gasteiger partial charge in [-0.3, -0.25) is 4.98 Å². The van der Waals surface area contributed by atoms with E-state index in [1.165, 1.54) is 12.1 Å². The predicted octanol–water partition coefficient (Wildman–Crippen LogP) is 6.26. The predicted molar refractivity (Wildman–Crippen MR) is 127 cm³/mol. The van der Waals surface area contributed by atoms with Gasteiger partial charge in [0.05, 0.1) is 23.5 Å². The maximum absolute atomic E-state index is 13.6. The van der Waals surface area contributed by atoms with E-state index >= 15 is 0 Å². The van der Waals surface area contributed by atoms with E-state index in [0.717, 1.165) is 24.6 Å². The van der Waals surface area contributed by atoms with Crippen LogP contribution in [0.5, 0.6) is 0 Å². The van der Waals surface area contributed by atoms with Crippen molar-refractivity contribution in [3.05, 3.63) is 58.9 Å². The first kappa shape index (κ1) is 24.7. The Hall–Kier alpha value is -1.90. The highest BCUT2D eigenvalue weighted by Crippen LogP contribution is 2.37. The Morgan fingerprint density at radius 2 is 1.84 bits per heavy atom. The number of thiocarbonyl (C=S) groups is 1. The van der Waals surface area contributed by atoms with Crippen LogP contribution in [0.15, 0.2) is 42.6 Å². The minimum Gasteiger partial charge on any atom is -0.340 e. The van der Waals surface area contributed by atoms with Gasteiger partial charge in [0, 0.05) is 28.3 Å². The lowest BCUT2D eigenvalue weighted by atomic mass is 9.79. The summed E-state index contributed by atoms with van der Waals surface area (Å²) in [5.74, 6) is 0. The zero-order valence-electron chi connectivity index (χ0n) is 18.6. The molecule has 1 fully saturated rings. The molecule has 0 amide bonds. The van der Waals surface area contributed by atoms with Gasteiger partial charge in [-0.1, -0.05) is 17.7 Å². The highest BCUT2D eigenvalue weighted by Gasteiger charge is 2.41. The van der Waals surface area contributed by atoms with Gasteiger partial charge < -0.3 is 15.5 Å². The number of nitrogens with one attached hydrogen (secondary N) is 2. The Labute approximate surface area is 197 Å². The molecule has 9 heteroatoms. The van der Waals surface area contributed by atoms with Crippen molar-refractivity contribution < 1.29 is 13.2 Å². The molecule has 0 unspecified atom stereocenters. The summed E-state index contributed by atoms with van der Waals surface area (Å²) in [6.45, 7) is 8.88. The quantitative estimate of drug-likeness (QED) is 0.501. The third-order valence-corrected chi connectivity index (χ3v) is 6.03. The molecule has 0 aliphatic carbocycles. The van der Waals surface area contributed by atoms with Gasteiger partial charge in [0.2, 0.25) is 0 Å². The number of anilines is 1. The van der Waals surface area contributed by atoms with Crippen LogP contribution in [0.25, 0.3) is 0 Å². The molecule has 0 spiro atoms. The summed E-state index contributed by atoms with van der Waals surface area (Å²) in [7, 11) is 0. The van der Waals surface area contributed by atoms with Crippen molar-refractivity contribution in [3.8, 4) is 0 Å². The summed E-state index contributed by atoms with van der Waals surface area (Å²) in [5.41, 5.74) is -0.511. The lowest BCUT2D eigenvalue weighted by Crippen LogP contribution is -2.63. The molecular weight excluding hydrogens is 457 g/mol. The fourth-order valence-electron chi connectivity index (χ4n) is 4.57. The second-order valence-electron chi connectivity index (χ2n) is 9.52. The molecule has 0 saturated carbocycles. The van der Waals surface area contributed by atoms with Gasteiger partial charge in [-0.2, -0.15) is 13.2 Å². The highest BCUT2D eigenvalue weighted by molar-refractivity contribution is 7.80. The standard InChI is InChI=1S/C23H28ClF3N4S/c1-21(2)12-17(13-22(3,4)30-21)31(14-16-7-5-6-10-28-16)20(32)29-19-9-8-15(24)11-18(19)23(25,26)27/h5-11,17,30H,12-14H2,1-4H3,(H,29,32). The van der Waals surface area contributed by atoms with Gasteiger partial charge in [0.1, 0.15) is 0 Å². The first-order valence-corrected chi connectivity index (χ1v) is 11.2. The van der Waals surface area contributed by atoms with Crippen molar-refractivity contribution in [2.45, 2.75) is 70.4 Å². The third kappa shape index (κ3) is 6.33. The molecule has 2 heterocycles.